The first kappa shape index (κ1) is 53.3. The number of thioether (sulfide) groups is 1. The van der Waals surface area contributed by atoms with Crippen LogP contribution in [0.4, 0.5) is 5.82 Å². The number of aliphatic hydroxyl groups excluding tert-OH is 12. The van der Waals surface area contributed by atoms with Crippen LogP contribution < -0.4 is 16.7 Å². The number of phosphoric ester groups is 1. The molecule has 5 rings (SSSR count). The molecule has 0 aromatic carbocycles. The van der Waals surface area contributed by atoms with Crippen molar-refractivity contribution in [1.82, 2.24) is 14.9 Å². The van der Waals surface area contributed by atoms with Gasteiger partial charge in [0.1, 0.15) is 85.2 Å². The van der Waals surface area contributed by atoms with Gasteiger partial charge in [-0.25, -0.2) is 18.7 Å². The Morgan fingerprint density at radius 3 is 2.15 bits per heavy atom. The predicted octanol–water partition coefficient (Wildman–Crippen LogP) is -9.28. The fraction of sp³-hybridized carbons (Fsp3) is 0.818. The number of nitrogen functional groups attached to an aromatic ring is 1. The van der Waals surface area contributed by atoms with Crippen molar-refractivity contribution in [1.29, 1.82) is 0 Å². The van der Waals surface area contributed by atoms with Crippen LogP contribution in [0.1, 0.15) is 13.2 Å². The van der Waals surface area contributed by atoms with Gasteiger partial charge in [0.25, 0.3) is 5.79 Å². The molecule has 1 aromatic heterocycles. The van der Waals surface area contributed by atoms with E-state index in [-0.39, 0.29) is 17.6 Å². The Bertz CT molecular complexity index is 1890. The van der Waals surface area contributed by atoms with E-state index in [0.717, 1.165) is 30.9 Å². The number of carboxylic acid groups (broad SMARTS) is 1. The quantitative estimate of drug-likeness (QED) is 0.0607. The van der Waals surface area contributed by atoms with Crippen molar-refractivity contribution >= 4 is 37.3 Å². The number of hydrogen-bond acceptors (Lipinski definition) is 27. The first-order chi connectivity index (χ1) is 30.4. The molecule has 5 heterocycles. The summed E-state index contributed by atoms with van der Waals surface area (Å²) >= 11 is 0.193. The fourth-order valence-corrected chi connectivity index (χ4v) is 9.97. The molecule has 17 N–H and O–H groups in total. The van der Waals surface area contributed by atoms with Gasteiger partial charge < -0.3 is 111 Å². The van der Waals surface area contributed by atoms with Crippen LogP contribution in [0.15, 0.2) is 17.1 Å². The van der Waals surface area contributed by atoms with Crippen molar-refractivity contribution in [3.63, 3.8) is 0 Å². The lowest BCUT2D eigenvalue weighted by molar-refractivity contribution is -0.354. The zero-order chi connectivity index (χ0) is 48.5. The van der Waals surface area contributed by atoms with E-state index in [4.69, 9.17) is 43.2 Å². The summed E-state index contributed by atoms with van der Waals surface area (Å²) in [6.45, 7) is -2.36. The average Bonchev–Trinajstić information content (AvgIpc) is 3.53. The minimum absolute atomic E-state index is 0.193. The van der Waals surface area contributed by atoms with Crippen molar-refractivity contribution < 1.29 is 123 Å². The monoisotopic (exact) mass is 984 g/mol. The largest absolute Gasteiger partial charge is 0.477 e. The van der Waals surface area contributed by atoms with Crippen LogP contribution in [-0.4, -0.2) is 247 Å². The number of rotatable bonds is 18. The van der Waals surface area contributed by atoms with Gasteiger partial charge in [-0.3, -0.25) is 13.9 Å². The molecule has 1 aromatic rings. The predicted molar refractivity (Wildman–Crippen MR) is 206 cm³/mol. The van der Waals surface area contributed by atoms with Gasteiger partial charge in [-0.2, -0.15) is 4.98 Å². The van der Waals surface area contributed by atoms with Crippen molar-refractivity contribution in [2.75, 3.05) is 38.4 Å². The minimum Gasteiger partial charge on any atom is -0.477 e. The molecule has 0 spiro atoms. The lowest BCUT2D eigenvalue weighted by Gasteiger charge is -2.51. The summed E-state index contributed by atoms with van der Waals surface area (Å²) in [5.41, 5.74) is 4.45. The summed E-state index contributed by atoms with van der Waals surface area (Å²) in [6.07, 6.45) is -33.9. The first-order valence-electron chi connectivity index (χ1n) is 19.4. The highest BCUT2D eigenvalue weighted by Crippen LogP contribution is 2.54. The van der Waals surface area contributed by atoms with E-state index >= 15 is 0 Å². The van der Waals surface area contributed by atoms with Gasteiger partial charge in [0, 0.05) is 26.0 Å². The number of carbonyl (C=O) groups excluding carboxylic acids is 1. The topological polar surface area (TPSA) is 481 Å². The number of anilines is 1. The molecule has 65 heavy (non-hydrogen) atoms. The van der Waals surface area contributed by atoms with E-state index in [9.17, 15) is 90.2 Å². The average molecular weight is 985 g/mol. The summed E-state index contributed by atoms with van der Waals surface area (Å²) in [6, 6.07) is -0.801. The fourth-order valence-electron chi connectivity index (χ4n) is 7.47. The SMILES string of the molecule is CO[C@@H]1O[C@H](CO)[C@H](O[C@@H]2O[C@H](CS[C@@H]3[C@H](O)[C@@H](NC(C)=O)[C@H]([C@H](O)[C@H](O)CO)O[C@]3(OP(=O)(O)OC[C@H]3O[C@@H](n4ccc(N)nc4=O)[C@H](O)[C@@H]3O)C(=O)O)[C@H](O)[C@H](O)[C@H]2O)[C@H](O)[C@H]1O. The standard InChI is InChI=1S/C33H53N4O26PS/c1-9(40)35-15-19(45)27(65-8-13-18(44)20(46)23(49)30(60-13)61-25-11(6-39)59-29(56-2)24(50)21(25)47)33(31(51)52,62-26(15)16(42)10(41)5-38)63-64(54,55)57-7-12-17(43)22(48)28(58-12)37-4-3-14(34)36-32(37)53/h3-4,10-13,15-30,38-39,41-50H,5-8H2,1-2H3,(H,35,40)(H,51,52)(H,54,55)(H2,34,36,53)/t10-,11-,12-,13-,15-,16-,17-,18+,19-,20+,21-,22-,23-,24-,25+,26-,27-,28-,29-,30+,33-/m1/s1. The number of aromatic nitrogens is 2. The van der Waals surface area contributed by atoms with Crippen molar-refractivity contribution in [2.45, 2.75) is 134 Å². The van der Waals surface area contributed by atoms with Crippen LogP contribution in [0.25, 0.3) is 0 Å². The molecular formula is C33H53N4O26PS. The Balaban J connectivity index is 1.44. The van der Waals surface area contributed by atoms with E-state index < -0.39 is 178 Å². The summed E-state index contributed by atoms with van der Waals surface area (Å²) in [5.74, 6) is -8.08. The van der Waals surface area contributed by atoms with Crippen LogP contribution >= 0.6 is 19.6 Å². The maximum atomic E-state index is 13.7. The summed E-state index contributed by atoms with van der Waals surface area (Å²) in [7, 11) is -4.85. The van der Waals surface area contributed by atoms with E-state index in [1.807, 2.05) is 0 Å². The number of phosphoric acid groups is 1. The third-order valence-corrected chi connectivity index (χ3v) is 13.3. The Morgan fingerprint density at radius 1 is 0.938 bits per heavy atom. The maximum absolute atomic E-state index is 13.7. The van der Waals surface area contributed by atoms with Crippen molar-refractivity contribution in [2.24, 2.45) is 0 Å². The van der Waals surface area contributed by atoms with Gasteiger partial charge in [0.2, 0.25) is 5.91 Å². The molecule has 4 saturated heterocycles. The Labute approximate surface area is 370 Å². The zero-order valence-electron chi connectivity index (χ0n) is 34.0. The number of nitrogens with zero attached hydrogens (tertiary/aromatic N) is 2. The minimum atomic E-state index is -5.97. The van der Waals surface area contributed by atoms with Gasteiger partial charge in [-0.1, -0.05) is 0 Å². The summed E-state index contributed by atoms with van der Waals surface area (Å²) in [4.78, 5) is 52.6. The van der Waals surface area contributed by atoms with Crippen molar-refractivity contribution in [3.8, 4) is 0 Å². The maximum Gasteiger partial charge on any atom is 0.475 e. The van der Waals surface area contributed by atoms with E-state index in [0.29, 0.717) is 0 Å². The zero-order valence-corrected chi connectivity index (χ0v) is 35.7. The Morgan fingerprint density at radius 2 is 1.57 bits per heavy atom. The number of amides is 1. The van der Waals surface area contributed by atoms with Crippen LogP contribution in [0, 0.1) is 0 Å². The van der Waals surface area contributed by atoms with E-state index in [1.54, 1.807) is 0 Å². The number of aliphatic hydroxyl groups is 12. The number of nitrogens with one attached hydrogen (secondary N) is 1. The Hall–Kier alpha value is -2.64. The molecule has 0 saturated carbocycles. The van der Waals surface area contributed by atoms with Gasteiger partial charge in [-0.15, -0.1) is 11.8 Å². The number of carbonyl (C=O) groups is 2. The molecule has 1 unspecified atom stereocenters. The molecule has 22 atom stereocenters. The molecular weight excluding hydrogens is 931 g/mol. The molecule has 0 bridgehead atoms. The molecule has 30 nitrogen and oxygen atoms in total. The smallest absolute Gasteiger partial charge is 0.475 e. The lowest BCUT2D eigenvalue weighted by Crippen LogP contribution is -2.73. The number of methoxy groups -OCH3 is 1. The van der Waals surface area contributed by atoms with Gasteiger partial charge in [0.15, 0.2) is 18.8 Å². The van der Waals surface area contributed by atoms with Crippen LogP contribution in [-0.2, 0) is 51.6 Å². The van der Waals surface area contributed by atoms with E-state index in [1.165, 1.54) is 0 Å². The highest BCUT2D eigenvalue weighted by atomic mass is 32.2. The molecule has 4 fully saturated rings. The van der Waals surface area contributed by atoms with Crippen LogP contribution in [0.5, 0.6) is 0 Å². The summed E-state index contributed by atoms with van der Waals surface area (Å²) < 4.78 is 57.2. The second kappa shape index (κ2) is 21.8. The lowest BCUT2D eigenvalue weighted by atomic mass is 9.88. The molecule has 32 heteroatoms. The number of nitrogens with two attached hydrogens (primary N) is 1. The number of hydrogen-bond donors (Lipinski definition) is 16. The van der Waals surface area contributed by atoms with Crippen molar-refractivity contribution in [3.05, 3.63) is 22.7 Å². The number of carboxylic acids is 1. The third-order valence-electron chi connectivity index (χ3n) is 10.9. The number of ether oxygens (including phenoxy) is 6. The normalized spacial score (nSPS) is 41.9. The van der Waals surface area contributed by atoms with E-state index in [2.05, 4.69) is 10.3 Å². The third kappa shape index (κ3) is 11.3. The van der Waals surface area contributed by atoms with Gasteiger partial charge in [-0.05, 0) is 6.07 Å². The molecule has 1 amide bonds. The molecule has 372 valence electrons. The first-order valence-corrected chi connectivity index (χ1v) is 22.0. The number of aliphatic carboxylic acids is 1. The molecule has 0 radical (unpaired) electrons. The Kier molecular flexibility index (Phi) is 17.8. The van der Waals surface area contributed by atoms with Gasteiger partial charge >= 0.3 is 19.5 Å². The molecule has 0 aliphatic carbocycles. The second-order valence-electron chi connectivity index (χ2n) is 15.3. The summed E-state index contributed by atoms with van der Waals surface area (Å²) in [5, 5.41) is 138. The highest BCUT2D eigenvalue weighted by molar-refractivity contribution is 8.00. The molecule has 4 aliphatic rings. The van der Waals surface area contributed by atoms with Crippen LogP contribution in [0.3, 0.4) is 0 Å². The second-order valence-corrected chi connectivity index (χ2v) is 17.8. The highest BCUT2D eigenvalue weighted by Gasteiger charge is 2.65. The van der Waals surface area contributed by atoms with Crippen LogP contribution in [0.2, 0.25) is 0 Å². The van der Waals surface area contributed by atoms with Gasteiger partial charge in [0.05, 0.1) is 43.3 Å². The molecule has 4 aliphatic heterocycles.